The molecule has 1 unspecified atom stereocenters. The van der Waals surface area contributed by atoms with Gasteiger partial charge in [0.2, 0.25) is 0 Å². The van der Waals surface area contributed by atoms with Crippen LogP contribution in [0.1, 0.15) is 35.3 Å². The average molecular weight is 319 g/mol. The van der Waals surface area contributed by atoms with Gasteiger partial charge in [-0.1, -0.05) is 46.3 Å². The van der Waals surface area contributed by atoms with Gasteiger partial charge in [-0.15, -0.1) is 0 Å². The predicted octanol–water partition coefficient (Wildman–Crippen LogP) is 4.31. The van der Waals surface area contributed by atoms with E-state index in [2.05, 4.69) is 41.1 Å². The second kappa shape index (κ2) is 4.99. The maximum absolute atomic E-state index is 10.2. The topological polar surface area (TPSA) is 29.5 Å². The molecule has 2 nitrogen and oxygen atoms in total. The number of ether oxygens (including phenoxy) is 1. The monoisotopic (exact) mass is 318 g/mol. The molecule has 0 saturated heterocycles. The number of aliphatic hydroxyl groups is 1. The van der Waals surface area contributed by atoms with Crippen LogP contribution in [0.4, 0.5) is 0 Å². The van der Waals surface area contributed by atoms with Gasteiger partial charge in [0, 0.05) is 22.0 Å². The Bertz CT molecular complexity index is 609. The first kappa shape index (κ1) is 12.7. The van der Waals surface area contributed by atoms with Crippen LogP contribution < -0.4 is 4.74 Å². The Morgan fingerprint density at radius 2 is 1.95 bits per heavy atom. The molecule has 1 aliphatic rings. The van der Waals surface area contributed by atoms with E-state index in [-0.39, 0.29) is 6.10 Å². The van der Waals surface area contributed by atoms with Crippen molar-refractivity contribution in [2.24, 2.45) is 0 Å². The van der Waals surface area contributed by atoms with Gasteiger partial charge in [0.1, 0.15) is 11.9 Å². The van der Waals surface area contributed by atoms with Crippen LogP contribution in [0.25, 0.3) is 0 Å². The van der Waals surface area contributed by atoms with Crippen molar-refractivity contribution in [1.82, 2.24) is 0 Å². The van der Waals surface area contributed by atoms with Gasteiger partial charge in [0.15, 0.2) is 0 Å². The number of fused-ring (bicyclic) bond motifs is 1. The van der Waals surface area contributed by atoms with E-state index in [1.165, 1.54) is 5.56 Å². The normalized spacial score (nSPS) is 21.6. The quantitative estimate of drug-likeness (QED) is 0.848. The molecular formula is C16H15BrO2. The van der Waals surface area contributed by atoms with Crippen molar-refractivity contribution in [1.29, 1.82) is 0 Å². The highest BCUT2D eigenvalue weighted by Crippen LogP contribution is 2.42. The summed E-state index contributed by atoms with van der Waals surface area (Å²) in [5.41, 5.74) is 3.16. The molecule has 0 spiro atoms. The summed E-state index contributed by atoms with van der Waals surface area (Å²) >= 11 is 3.58. The molecule has 0 aliphatic carbocycles. The average Bonchev–Trinajstić information content (AvgIpc) is 2.38. The number of aryl methyl sites for hydroxylation is 1. The molecule has 0 amide bonds. The molecule has 0 fully saturated rings. The molecule has 1 N–H and O–H groups in total. The van der Waals surface area contributed by atoms with Gasteiger partial charge in [-0.3, -0.25) is 0 Å². The van der Waals surface area contributed by atoms with Crippen LogP contribution in [-0.2, 0) is 0 Å². The lowest BCUT2D eigenvalue weighted by atomic mass is 9.95. The van der Waals surface area contributed by atoms with E-state index in [4.69, 9.17) is 4.74 Å². The van der Waals surface area contributed by atoms with Crippen LogP contribution in [0.15, 0.2) is 46.9 Å². The molecule has 3 heteroatoms. The molecule has 1 aliphatic heterocycles. The third kappa shape index (κ3) is 2.40. The van der Waals surface area contributed by atoms with Gasteiger partial charge >= 0.3 is 0 Å². The maximum atomic E-state index is 10.2. The lowest BCUT2D eigenvalue weighted by Crippen LogP contribution is -2.19. The zero-order chi connectivity index (χ0) is 13.4. The van der Waals surface area contributed by atoms with E-state index in [1.54, 1.807) is 0 Å². The Kier molecular flexibility index (Phi) is 3.33. The maximum Gasteiger partial charge on any atom is 0.128 e. The fourth-order valence-corrected chi connectivity index (χ4v) is 3.23. The molecule has 0 saturated carbocycles. The summed E-state index contributed by atoms with van der Waals surface area (Å²) in [6.45, 7) is 2.06. The summed E-state index contributed by atoms with van der Waals surface area (Å²) in [7, 11) is 0. The number of para-hydroxylation sites is 1. The Labute approximate surface area is 121 Å². The summed E-state index contributed by atoms with van der Waals surface area (Å²) in [5, 5.41) is 10.2. The van der Waals surface area contributed by atoms with Crippen molar-refractivity contribution < 1.29 is 9.84 Å². The van der Waals surface area contributed by atoms with Crippen molar-refractivity contribution in [2.45, 2.75) is 25.6 Å². The van der Waals surface area contributed by atoms with Crippen molar-refractivity contribution in [3.63, 3.8) is 0 Å². The van der Waals surface area contributed by atoms with Crippen LogP contribution in [0.5, 0.6) is 5.75 Å². The smallest absolute Gasteiger partial charge is 0.128 e. The predicted molar refractivity (Wildman–Crippen MR) is 78.3 cm³/mol. The molecule has 3 rings (SSSR count). The molecule has 2 aromatic rings. The van der Waals surface area contributed by atoms with E-state index >= 15 is 0 Å². The summed E-state index contributed by atoms with van der Waals surface area (Å²) in [6.07, 6.45) is 0.00149. The molecule has 2 aromatic carbocycles. The molecule has 19 heavy (non-hydrogen) atoms. The zero-order valence-corrected chi connectivity index (χ0v) is 12.2. The standard InChI is InChI=1S/C16H15BrO2/c1-10-6-7-11(13(17)8-10)16-9-14(18)12-4-2-3-5-15(12)19-16/h2-8,14,16,18H,9H2,1H3/t14-,16?/m0/s1. The van der Waals surface area contributed by atoms with Crippen LogP contribution in [-0.4, -0.2) is 5.11 Å². The van der Waals surface area contributed by atoms with Gasteiger partial charge in [0.25, 0.3) is 0 Å². The largest absolute Gasteiger partial charge is 0.485 e. The van der Waals surface area contributed by atoms with Crippen molar-refractivity contribution >= 4 is 15.9 Å². The van der Waals surface area contributed by atoms with E-state index in [1.807, 2.05) is 24.3 Å². The summed E-state index contributed by atoms with van der Waals surface area (Å²) in [5.74, 6) is 0.777. The third-order valence-corrected chi connectivity index (χ3v) is 4.17. The first-order chi connectivity index (χ1) is 9.15. The van der Waals surface area contributed by atoms with Crippen LogP contribution >= 0.6 is 15.9 Å². The minimum Gasteiger partial charge on any atom is -0.485 e. The van der Waals surface area contributed by atoms with Gasteiger partial charge < -0.3 is 9.84 Å². The van der Waals surface area contributed by atoms with E-state index < -0.39 is 6.10 Å². The first-order valence-electron chi connectivity index (χ1n) is 6.35. The number of halogens is 1. The van der Waals surface area contributed by atoms with E-state index in [0.717, 1.165) is 21.3 Å². The third-order valence-electron chi connectivity index (χ3n) is 3.49. The minimum absolute atomic E-state index is 0.111. The van der Waals surface area contributed by atoms with Crippen LogP contribution in [0, 0.1) is 6.92 Å². The molecule has 0 radical (unpaired) electrons. The number of hydrogen-bond donors (Lipinski definition) is 1. The number of rotatable bonds is 1. The number of hydrogen-bond acceptors (Lipinski definition) is 2. The van der Waals surface area contributed by atoms with Gasteiger partial charge in [-0.2, -0.15) is 0 Å². The van der Waals surface area contributed by atoms with Crippen LogP contribution in [0.2, 0.25) is 0 Å². The molecule has 2 atom stereocenters. The SMILES string of the molecule is Cc1ccc(C2C[C@H](O)c3ccccc3O2)c(Br)c1. The summed E-state index contributed by atoms with van der Waals surface area (Å²) < 4.78 is 7.05. The molecule has 98 valence electrons. The lowest BCUT2D eigenvalue weighted by molar-refractivity contribution is 0.0654. The summed E-state index contributed by atoms with van der Waals surface area (Å²) in [6, 6.07) is 13.9. The van der Waals surface area contributed by atoms with Gasteiger partial charge in [-0.05, 0) is 24.6 Å². The number of benzene rings is 2. The van der Waals surface area contributed by atoms with E-state index in [0.29, 0.717) is 6.42 Å². The van der Waals surface area contributed by atoms with Crippen LogP contribution in [0.3, 0.4) is 0 Å². The van der Waals surface area contributed by atoms with E-state index in [9.17, 15) is 5.11 Å². The molecule has 0 aromatic heterocycles. The molecule has 1 heterocycles. The van der Waals surface area contributed by atoms with Crippen molar-refractivity contribution in [3.8, 4) is 5.75 Å². The van der Waals surface area contributed by atoms with Gasteiger partial charge in [0.05, 0.1) is 6.10 Å². The number of aliphatic hydroxyl groups excluding tert-OH is 1. The van der Waals surface area contributed by atoms with Gasteiger partial charge in [-0.25, -0.2) is 0 Å². The lowest BCUT2D eigenvalue weighted by Gasteiger charge is -2.30. The highest BCUT2D eigenvalue weighted by molar-refractivity contribution is 9.10. The highest BCUT2D eigenvalue weighted by Gasteiger charge is 2.28. The Morgan fingerprint density at radius 1 is 1.16 bits per heavy atom. The minimum atomic E-state index is -0.469. The second-order valence-electron chi connectivity index (χ2n) is 4.92. The molecule has 0 bridgehead atoms. The van der Waals surface area contributed by atoms with Crippen molar-refractivity contribution in [2.75, 3.05) is 0 Å². The van der Waals surface area contributed by atoms with Crippen molar-refractivity contribution in [3.05, 3.63) is 63.6 Å². The summed E-state index contributed by atoms with van der Waals surface area (Å²) in [4.78, 5) is 0. The fraction of sp³-hybridized carbons (Fsp3) is 0.250. The Hall–Kier alpha value is -1.32. The Balaban J connectivity index is 1.97. The zero-order valence-electron chi connectivity index (χ0n) is 10.6. The first-order valence-corrected chi connectivity index (χ1v) is 7.14. The second-order valence-corrected chi connectivity index (χ2v) is 5.78. The Morgan fingerprint density at radius 3 is 2.74 bits per heavy atom. The highest BCUT2D eigenvalue weighted by atomic mass is 79.9. The molecular weight excluding hydrogens is 304 g/mol. The fourth-order valence-electron chi connectivity index (χ4n) is 2.48.